The summed E-state index contributed by atoms with van der Waals surface area (Å²) in [6.07, 6.45) is 0.425. The van der Waals surface area contributed by atoms with Gasteiger partial charge in [0.25, 0.3) is 0 Å². The number of aliphatic hydroxyl groups excluding tert-OH is 1. The van der Waals surface area contributed by atoms with Crippen molar-refractivity contribution >= 4 is 0 Å². The number of aliphatic hydroxyl groups is 1. The number of hydrogen-bond acceptors (Lipinski definition) is 4. The van der Waals surface area contributed by atoms with E-state index in [0.29, 0.717) is 0 Å². The molecule has 0 amide bonds. The maximum absolute atomic E-state index is 9.94. The number of ether oxygens (including phenoxy) is 2. The molecule has 0 aromatic heterocycles. The Morgan fingerprint density at radius 2 is 1.46 bits per heavy atom. The minimum atomic E-state index is -0.642. The fourth-order valence-corrected chi connectivity index (χ4v) is 2.65. The summed E-state index contributed by atoms with van der Waals surface area (Å²) < 4.78 is 11.2. The summed E-state index contributed by atoms with van der Waals surface area (Å²) in [7, 11) is 0. The molecule has 0 radical (unpaired) electrons. The number of rotatable bonds is 9. The zero-order valence-corrected chi connectivity index (χ0v) is 16.1. The highest BCUT2D eigenvalue weighted by Crippen LogP contribution is 2.33. The average Bonchev–Trinajstić information content (AvgIpc) is 2.65. The van der Waals surface area contributed by atoms with Crippen molar-refractivity contribution in [2.24, 2.45) is 0 Å². The SMILES string of the molecule is CCC(C)OCC(O)COc1ccc(C(C)(C)c2ccc(O)cc2)cc1. The van der Waals surface area contributed by atoms with Gasteiger partial charge >= 0.3 is 0 Å². The number of benzene rings is 2. The van der Waals surface area contributed by atoms with E-state index in [1.54, 1.807) is 12.1 Å². The zero-order valence-electron chi connectivity index (χ0n) is 16.1. The molecule has 0 saturated heterocycles. The van der Waals surface area contributed by atoms with Gasteiger partial charge in [0.05, 0.1) is 12.7 Å². The van der Waals surface area contributed by atoms with Gasteiger partial charge in [0.15, 0.2) is 0 Å². The first kappa shape index (κ1) is 20.3. The van der Waals surface area contributed by atoms with E-state index in [1.165, 1.54) is 0 Å². The van der Waals surface area contributed by atoms with Crippen LogP contribution in [0.1, 0.15) is 45.2 Å². The molecule has 0 aliphatic heterocycles. The van der Waals surface area contributed by atoms with E-state index in [2.05, 4.69) is 20.8 Å². The van der Waals surface area contributed by atoms with Crippen LogP contribution in [0.2, 0.25) is 0 Å². The van der Waals surface area contributed by atoms with E-state index < -0.39 is 6.10 Å². The van der Waals surface area contributed by atoms with Crippen LogP contribution in [0.3, 0.4) is 0 Å². The minimum absolute atomic E-state index is 0.145. The number of aromatic hydroxyl groups is 1. The quantitative estimate of drug-likeness (QED) is 0.703. The summed E-state index contributed by atoms with van der Waals surface area (Å²) in [6.45, 7) is 8.81. The van der Waals surface area contributed by atoms with E-state index in [4.69, 9.17) is 9.47 Å². The summed E-state index contributed by atoms with van der Waals surface area (Å²) in [5.41, 5.74) is 2.09. The Hall–Kier alpha value is -2.04. The Morgan fingerprint density at radius 1 is 0.923 bits per heavy atom. The molecule has 2 N–H and O–H groups in total. The summed E-state index contributed by atoms with van der Waals surface area (Å²) in [6, 6.07) is 15.2. The molecule has 0 heterocycles. The molecule has 0 saturated carbocycles. The van der Waals surface area contributed by atoms with Gasteiger partial charge in [-0.05, 0) is 48.7 Å². The van der Waals surface area contributed by atoms with Crippen LogP contribution in [0.4, 0.5) is 0 Å². The Kier molecular flexibility index (Phi) is 7.06. The molecule has 4 heteroatoms. The molecule has 2 aromatic carbocycles. The van der Waals surface area contributed by atoms with Crippen LogP contribution in [0.25, 0.3) is 0 Å². The first-order chi connectivity index (χ1) is 12.3. The molecule has 2 atom stereocenters. The molecule has 2 aromatic rings. The Morgan fingerprint density at radius 3 is 2.00 bits per heavy atom. The number of phenolic OH excluding ortho intramolecular Hbond substituents is 1. The van der Waals surface area contributed by atoms with Gasteiger partial charge in [-0.15, -0.1) is 0 Å². The van der Waals surface area contributed by atoms with Crippen LogP contribution in [0.5, 0.6) is 11.5 Å². The van der Waals surface area contributed by atoms with Gasteiger partial charge in [0, 0.05) is 5.41 Å². The Bertz CT molecular complexity index is 662. The molecule has 2 rings (SSSR count). The van der Waals surface area contributed by atoms with Crippen molar-refractivity contribution in [1.29, 1.82) is 0 Å². The lowest BCUT2D eigenvalue weighted by Gasteiger charge is -2.26. The second-order valence-electron chi connectivity index (χ2n) is 7.21. The predicted molar refractivity (Wildman–Crippen MR) is 104 cm³/mol. The van der Waals surface area contributed by atoms with Crippen molar-refractivity contribution in [1.82, 2.24) is 0 Å². The summed E-state index contributed by atoms with van der Waals surface area (Å²) >= 11 is 0. The second kappa shape index (κ2) is 9.06. The first-order valence-electron chi connectivity index (χ1n) is 9.15. The van der Waals surface area contributed by atoms with E-state index in [1.807, 2.05) is 43.3 Å². The van der Waals surface area contributed by atoms with Crippen molar-refractivity contribution in [3.05, 3.63) is 59.7 Å². The van der Waals surface area contributed by atoms with Gasteiger partial charge in [0.1, 0.15) is 24.2 Å². The maximum atomic E-state index is 9.94. The fraction of sp³-hybridized carbons (Fsp3) is 0.455. The first-order valence-corrected chi connectivity index (χ1v) is 9.15. The summed E-state index contributed by atoms with van der Waals surface area (Å²) in [5.74, 6) is 0.988. The average molecular weight is 358 g/mol. The summed E-state index contributed by atoms with van der Waals surface area (Å²) in [5, 5.41) is 19.4. The zero-order chi connectivity index (χ0) is 19.2. The van der Waals surface area contributed by atoms with Gasteiger partial charge in [-0.2, -0.15) is 0 Å². The van der Waals surface area contributed by atoms with Crippen molar-refractivity contribution < 1.29 is 19.7 Å². The third-order valence-corrected chi connectivity index (χ3v) is 4.76. The molecule has 0 spiro atoms. The Balaban J connectivity index is 1.94. The monoisotopic (exact) mass is 358 g/mol. The third kappa shape index (κ3) is 5.48. The molecular weight excluding hydrogens is 328 g/mol. The van der Waals surface area contributed by atoms with Crippen LogP contribution >= 0.6 is 0 Å². The van der Waals surface area contributed by atoms with E-state index >= 15 is 0 Å². The Labute approximate surface area is 156 Å². The molecule has 0 fully saturated rings. The number of hydrogen-bond donors (Lipinski definition) is 2. The topological polar surface area (TPSA) is 58.9 Å². The van der Waals surface area contributed by atoms with Crippen LogP contribution in [0, 0.1) is 0 Å². The largest absolute Gasteiger partial charge is 0.508 e. The van der Waals surface area contributed by atoms with Gasteiger partial charge in [-0.25, -0.2) is 0 Å². The third-order valence-electron chi connectivity index (χ3n) is 4.76. The van der Waals surface area contributed by atoms with Gasteiger partial charge in [0.2, 0.25) is 0 Å². The highest BCUT2D eigenvalue weighted by atomic mass is 16.5. The van der Waals surface area contributed by atoms with Crippen LogP contribution in [0.15, 0.2) is 48.5 Å². The molecule has 26 heavy (non-hydrogen) atoms. The lowest BCUT2D eigenvalue weighted by molar-refractivity contribution is -0.0192. The van der Waals surface area contributed by atoms with Crippen molar-refractivity contribution in [3.63, 3.8) is 0 Å². The number of phenols is 1. The lowest BCUT2D eigenvalue weighted by Crippen LogP contribution is -2.25. The van der Waals surface area contributed by atoms with Crippen molar-refractivity contribution in [2.75, 3.05) is 13.2 Å². The van der Waals surface area contributed by atoms with Gasteiger partial charge in [-0.1, -0.05) is 45.0 Å². The molecular formula is C22H30O4. The van der Waals surface area contributed by atoms with Gasteiger partial charge in [-0.3, -0.25) is 0 Å². The van der Waals surface area contributed by atoms with Crippen molar-refractivity contribution in [2.45, 2.75) is 51.7 Å². The van der Waals surface area contributed by atoms with Crippen LogP contribution < -0.4 is 4.74 Å². The summed E-state index contributed by atoms with van der Waals surface area (Å²) in [4.78, 5) is 0. The normalized spacial score (nSPS) is 14.0. The van der Waals surface area contributed by atoms with Gasteiger partial charge < -0.3 is 19.7 Å². The van der Waals surface area contributed by atoms with Crippen molar-refractivity contribution in [3.8, 4) is 11.5 Å². The minimum Gasteiger partial charge on any atom is -0.508 e. The van der Waals surface area contributed by atoms with E-state index in [0.717, 1.165) is 23.3 Å². The smallest absolute Gasteiger partial charge is 0.119 e. The highest BCUT2D eigenvalue weighted by Gasteiger charge is 2.23. The van der Waals surface area contributed by atoms with Crippen LogP contribution in [-0.4, -0.2) is 35.6 Å². The second-order valence-corrected chi connectivity index (χ2v) is 7.21. The molecule has 142 valence electrons. The molecule has 2 unspecified atom stereocenters. The molecule has 4 nitrogen and oxygen atoms in total. The standard InChI is InChI=1S/C22H30O4/c1-5-16(2)25-14-20(24)15-26-21-12-8-18(9-13-21)22(3,4)17-6-10-19(23)11-7-17/h6-13,16,20,23-24H,5,14-15H2,1-4H3. The molecule has 0 aliphatic rings. The van der Waals surface area contributed by atoms with E-state index in [9.17, 15) is 10.2 Å². The molecule has 0 bridgehead atoms. The molecule has 0 aliphatic carbocycles. The van der Waals surface area contributed by atoms with E-state index in [-0.39, 0.29) is 30.5 Å². The van der Waals surface area contributed by atoms with Crippen LogP contribution in [-0.2, 0) is 10.2 Å². The fourth-order valence-electron chi connectivity index (χ4n) is 2.65. The lowest BCUT2D eigenvalue weighted by atomic mass is 9.78. The maximum Gasteiger partial charge on any atom is 0.119 e. The predicted octanol–water partition coefficient (Wildman–Crippen LogP) is 4.27. The highest BCUT2D eigenvalue weighted by molar-refractivity contribution is 5.41.